The van der Waals surface area contributed by atoms with Crippen LogP contribution < -0.4 is 15.0 Å². The molecule has 4 nitrogen and oxygen atoms in total. The van der Waals surface area contributed by atoms with E-state index in [1.54, 1.807) is 7.11 Å². The largest absolute Gasteiger partial charge is 0.497 e. The molecule has 23 heavy (non-hydrogen) atoms. The van der Waals surface area contributed by atoms with Gasteiger partial charge in [0.15, 0.2) is 0 Å². The van der Waals surface area contributed by atoms with Crippen molar-refractivity contribution in [2.75, 3.05) is 23.9 Å². The normalized spacial score (nSPS) is 16.7. The average Bonchev–Trinajstić information content (AvgIpc) is 2.58. The number of fused-ring (bicyclic) bond motifs is 1. The van der Waals surface area contributed by atoms with Crippen molar-refractivity contribution >= 4 is 17.3 Å². The molecule has 0 radical (unpaired) electrons. The quantitative estimate of drug-likeness (QED) is 0.919. The zero-order chi connectivity index (χ0) is 16.2. The Morgan fingerprint density at radius 1 is 1.17 bits per heavy atom. The van der Waals surface area contributed by atoms with Crippen molar-refractivity contribution in [2.45, 2.75) is 25.8 Å². The summed E-state index contributed by atoms with van der Waals surface area (Å²) in [7, 11) is 1.65. The molecule has 1 heterocycles. The van der Waals surface area contributed by atoms with Crippen molar-refractivity contribution in [2.24, 2.45) is 0 Å². The van der Waals surface area contributed by atoms with Crippen molar-refractivity contribution in [1.82, 2.24) is 0 Å². The fourth-order valence-electron chi connectivity index (χ4n) is 2.96. The predicted octanol–water partition coefficient (Wildman–Crippen LogP) is 3.48. The van der Waals surface area contributed by atoms with Crippen LogP contribution in [0.4, 0.5) is 11.4 Å². The van der Waals surface area contributed by atoms with Crippen LogP contribution >= 0.6 is 0 Å². The zero-order valence-corrected chi connectivity index (χ0v) is 13.6. The van der Waals surface area contributed by atoms with Gasteiger partial charge >= 0.3 is 0 Å². The lowest BCUT2D eigenvalue weighted by Gasteiger charge is -2.34. The number of ether oxygens (including phenoxy) is 1. The average molecular weight is 310 g/mol. The predicted molar refractivity (Wildman–Crippen MR) is 93.2 cm³/mol. The van der Waals surface area contributed by atoms with Gasteiger partial charge in [-0.25, -0.2) is 0 Å². The SMILES string of the molecule is COc1ccc2c(c1)NC(C)C(=O)N2CCCc1ccccc1. The van der Waals surface area contributed by atoms with E-state index in [9.17, 15) is 4.79 Å². The van der Waals surface area contributed by atoms with Crippen LogP contribution in [0.25, 0.3) is 0 Å². The van der Waals surface area contributed by atoms with Gasteiger partial charge in [-0.3, -0.25) is 4.79 Å². The molecular formula is C19H22N2O2. The van der Waals surface area contributed by atoms with E-state index in [1.807, 2.05) is 36.1 Å². The van der Waals surface area contributed by atoms with Gasteiger partial charge in [0.25, 0.3) is 0 Å². The van der Waals surface area contributed by atoms with Gasteiger partial charge in [-0.2, -0.15) is 0 Å². The van der Waals surface area contributed by atoms with E-state index < -0.39 is 0 Å². The number of carbonyl (C=O) groups is 1. The number of hydrogen-bond acceptors (Lipinski definition) is 3. The van der Waals surface area contributed by atoms with E-state index in [-0.39, 0.29) is 11.9 Å². The summed E-state index contributed by atoms with van der Waals surface area (Å²) in [6, 6.07) is 16.0. The Kier molecular flexibility index (Phi) is 4.51. The third kappa shape index (κ3) is 3.31. The molecule has 1 aliphatic heterocycles. The molecule has 0 aromatic heterocycles. The number of carbonyl (C=O) groups excluding carboxylic acids is 1. The molecule has 1 amide bonds. The summed E-state index contributed by atoms with van der Waals surface area (Å²) in [5, 5.41) is 3.25. The van der Waals surface area contributed by atoms with Crippen molar-refractivity contribution in [3.63, 3.8) is 0 Å². The summed E-state index contributed by atoms with van der Waals surface area (Å²) in [6.07, 6.45) is 1.91. The first-order chi connectivity index (χ1) is 11.2. The Balaban J connectivity index is 1.74. The first-order valence-electron chi connectivity index (χ1n) is 7.99. The molecule has 0 saturated heterocycles. The number of anilines is 2. The van der Waals surface area contributed by atoms with Gasteiger partial charge in [0.1, 0.15) is 11.8 Å². The van der Waals surface area contributed by atoms with Gasteiger partial charge in [0.2, 0.25) is 5.91 Å². The van der Waals surface area contributed by atoms with Crippen LogP contribution in [0.2, 0.25) is 0 Å². The monoisotopic (exact) mass is 310 g/mol. The fraction of sp³-hybridized carbons (Fsp3) is 0.316. The maximum Gasteiger partial charge on any atom is 0.249 e. The van der Waals surface area contributed by atoms with Crippen molar-refractivity contribution in [3.05, 3.63) is 54.1 Å². The molecule has 0 bridgehead atoms. The number of aryl methyl sites for hydroxylation is 1. The highest BCUT2D eigenvalue weighted by Crippen LogP contribution is 2.34. The molecule has 1 unspecified atom stereocenters. The fourth-order valence-corrected chi connectivity index (χ4v) is 2.96. The van der Waals surface area contributed by atoms with Crippen molar-refractivity contribution < 1.29 is 9.53 Å². The summed E-state index contributed by atoms with van der Waals surface area (Å²) >= 11 is 0. The lowest BCUT2D eigenvalue weighted by molar-refractivity contribution is -0.119. The molecule has 0 fully saturated rings. The van der Waals surface area contributed by atoms with Crippen molar-refractivity contribution in [3.8, 4) is 5.75 Å². The van der Waals surface area contributed by atoms with Gasteiger partial charge in [-0.15, -0.1) is 0 Å². The van der Waals surface area contributed by atoms with E-state index >= 15 is 0 Å². The second kappa shape index (κ2) is 6.73. The van der Waals surface area contributed by atoms with Crippen LogP contribution in [0, 0.1) is 0 Å². The standard InChI is InChI=1S/C19H22N2O2/c1-14-19(22)21(12-6-9-15-7-4-3-5-8-15)18-11-10-16(23-2)13-17(18)20-14/h3-5,7-8,10-11,13-14,20H,6,9,12H2,1-2H3. The van der Waals surface area contributed by atoms with E-state index in [1.165, 1.54) is 5.56 Å². The highest BCUT2D eigenvalue weighted by molar-refractivity contribution is 6.04. The van der Waals surface area contributed by atoms with Crippen LogP contribution in [0.1, 0.15) is 18.9 Å². The molecule has 4 heteroatoms. The van der Waals surface area contributed by atoms with Gasteiger partial charge in [0, 0.05) is 12.6 Å². The Morgan fingerprint density at radius 2 is 1.96 bits per heavy atom. The molecule has 0 saturated carbocycles. The summed E-state index contributed by atoms with van der Waals surface area (Å²) in [5.41, 5.74) is 3.19. The highest BCUT2D eigenvalue weighted by Gasteiger charge is 2.29. The molecular weight excluding hydrogens is 288 g/mol. The summed E-state index contributed by atoms with van der Waals surface area (Å²) in [4.78, 5) is 14.4. The second-order valence-electron chi connectivity index (χ2n) is 5.83. The number of nitrogens with one attached hydrogen (secondary N) is 1. The number of hydrogen-bond donors (Lipinski definition) is 1. The molecule has 2 aromatic carbocycles. The summed E-state index contributed by atoms with van der Waals surface area (Å²) < 4.78 is 5.27. The third-order valence-corrected chi connectivity index (χ3v) is 4.19. The van der Waals surface area contributed by atoms with Crippen LogP contribution in [-0.4, -0.2) is 25.6 Å². The smallest absolute Gasteiger partial charge is 0.249 e. The lowest BCUT2D eigenvalue weighted by Crippen LogP contribution is -2.46. The van der Waals surface area contributed by atoms with Gasteiger partial charge in [0.05, 0.1) is 18.5 Å². The molecule has 2 aromatic rings. The zero-order valence-electron chi connectivity index (χ0n) is 13.6. The van der Waals surface area contributed by atoms with Crippen LogP contribution in [0.15, 0.2) is 48.5 Å². The number of methoxy groups -OCH3 is 1. The minimum Gasteiger partial charge on any atom is -0.497 e. The summed E-state index contributed by atoms with van der Waals surface area (Å²) in [5.74, 6) is 0.915. The Bertz CT molecular complexity index is 685. The summed E-state index contributed by atoms with van der Waals surface area (Å²) in [6.45, 7) is 2.62. The Morgan fingerprint density at radius 3 is 2.70 bits per heavy atom. The number of rotatable bonds is 5. The first-order valence-corrected chi connectivity index (χ1v) is 7.99. The second-order valence-corrected chi connectivity index (χ2v) is 5.83. The van der Waals surface area contributed by atoms with Crippen LogP contribution in [0.3, 0.4) is 0 Å². The van der Waals surface area contributed by atoms with Crippen LogP contribution in [-0.2, 0) is 11.2 Å². The van der Waals surface area contributed by atoms with Crippen LogP contribution in [0.5, 0.6) is 5.75 Å². The number of nitrogens with zero attached hydrogens (tertiary/aromatic N) is 1. The molecule has 1 atom stereocenters. The molecule has 1 N–H and O–H groups in total. The Labute approximate surface area is 137 Å². The maximum atomic E-state index is 12.5. The minimum atomic E-state index is -0.216. The van der Waals surface area contributed by atoms with Gasteiger partial charge in [-0.05, 0) is 37.5 Å². The van der Waals surface area contributed by atoms with Gasteiger partial charge in [-0.1, -0.05) is 30.3 Å². The van der Waals surface area contributed by atoms with E-state index in [2.05, 4.69) is 29.6 Å². The third-order valence-electron chi connectivity index (χ3n) is 4.19. The first kappa shape index (κ1) is 15.4. The number of amides is 1. The number of benzene rings is 2. The molecule has 1 aliphatic rings. The highest BCUT2D eigenvalue weighted by atomic mass is 16.5. The van der Waals surface area contributed by atoms with E-state index in [0.29, 0.717) is 0 Å². The minimum absolute atomic E-state index is 0.121. The molecule has 0 spiro atoms. The maximum absolute atomic E-state index is 12.5. The molecule has 120 valence electrons. The topological polar surface area (TPSA) is 41.6 Å². The van der Waals surface area contributed by atoms with E-state index in [4.69, 9.17) is 4.74 Å². The Hall–Kier alpha value is -2.49. The molecule has 3 rings (SSSR count). The van der Waals surface area contributed by atoms with E-state index in [0.717, 1.165) is 36.5 Å². The molecule has 0 aliphatic carbocycles. The lowest BCUT2D eigenvalue weighted by atomic mass is 10.1. The van der Waals surface area contributed by atoms with Gasteiger partial charge < -0.3 is 15.0 Å². The van der Waals surface area contributed by atoms with Crippen molar-refractivity contribution in [1.29, 1.82) is 0 Å².